The first-order valence-corrected chi connectivity index (χ1v) is 9.41. The Bertz CT molecular complexity index is 1150. The molecule has 0 aliphatic heterocycles. The summed E-state index contributed by atoms with van der Waals surface area (Å²) in [7, 11) is -3.68. The Morgan fingerprint density at radius 1 is 0.962 bits per heavy atom. The Kier molecular flexibility index (Phi) is 4.19. The van der Waals surface area contributed by atoms with Crippen LogP contribution in [0.3, 0.4) is 0 Å². The van der Waals surface area contributed by atoms with Gasteiger partial charge in [0.1, 0.15) is 0 Å². The average molecular weight is 365 g/mol. The molecule has 0 aliphatic rings. The first-order chi connectivity index (χ1) is 12.6. The van der Waals surface area contributed by atoms with Gasteiger partial charge >= 0.3 is 0 Å². The average Bonchev–Trinajstić information content (AvgIpc) is 3.16. The van der Waals surface area contributed by atoms with Crippen LogP contribution in [-0.4, -0.2) is 28.4 Å². The lowest BCUT2D eigenvalue weighted by Crippen LogP contribution is -2.23. The van der Waals surface area contributed by atoms with E-state index < -0.39 is 10.0 Å². The molecule has 0 fully saturated rings. The van der Waals surface area contributed by atoms with E-state index in [1.165, 1.54) is 0 Å². The highest BCUT2D eigenvalue weighted by atomic mass is 32.2. The molecule has 2 aromatic carbocycles. The van der Waals surface area contributed by atoms with E-state index in [2.05, 4.69) is 20.0 Å². The Labute approximate surface area is 150 Å². The van der Waals surface area contributed by atoms with Crippen molar-refractivity contribution in [1.29, 1.82) is 0 Å². The maximum Gasteiger partial charge on any atom is 0.241 e. The number of hydrogen-bond donors (Lipinski definition) is 1. The third-order valence-electron chi connectivity index (χ3n) is 3.95. The number of aromatic nitrogens is 4. The highest BCUT2D eigenvalue weighted by Crippen LogP contribution is 2.22. The summed E-state index contributed by atoms with van der Waals surface area (Å²) in [5.41, 5.74) is 1.32. The third kappa shape index (κ3) is 3.19. The van der Waals surface area contributed by atoms with Crippen LogP contribution in [0.25, 0.3) is 16.5 Å². The molecule has 8 heteroatoms. The SMILES string of the molecule is O=S(=O)(NCc1cn(-c2ccncc2)nn1)c1cccc2ccccc12. The molecule has 0 saturated carbocycles. The highest BCUT2D eigenvalue weighted by molar-refractivity contribution is 7.89. The van der Waals surface area contributed by atoms with E-state index >= 15 is 0 Å². The summed E-state index contributed by atoms with van der Waals surface area (Å²) in [6.07, 6.45) is 4.99. The maximum absolute atomic E-state index is 12.7. The third-order valence-corrected chi connectivity index (χ3v) is 5.41. The Morgan fingerprint density at radius 3 is 2.58 bits per heavy atom. The minimum Gasteiger partial charge on any atom is -0.265 e. The molecule has 0 amide bonds. The fourth-order valence-corrected chi connectivity index (χ4v) is 3.91. The zero-order valence-corrected chi connectivity index (χ0v) is 14.5. The molecule has 2 aromatic heterocycles. The number of benzene rings is 2. The van der Waals surface area contributed by atoms with Gasteiger partial charge < -0.3 is 0 Å². The number of nitrogens with zero attached hydrogens (tertiary/aromatic N) is 4. The summed E-state index contributed by atoms with van der Waals surface area (Å²) in [6.45, 7) is 0.0522. The van der Waals surface area contributed by atoms with Crippen molar-refractivity contribution in [3.63, 3.8) is 0 Å². The van der Waals surface area contributed by atoms with Crippen molar-refractivity contribution in [3.05, 3.63) is 78.9 Å². The van der Waals surface area contributed by atoms with E-state index in [-0.39, 0.29) is 11.4 Å². The second kappa shape index (κ2) is 6.66. The van der Waals surface area contributed by atoms with Crippen LogP contribution < -0.4 is 4.72 Å². The summed E-state index contributed by atoms with van der Waals surface area (Å²) in [4.78, 5) is 4.20. The number of rotatable bonds is 5. The van der Waals surface area contributed by atoms with Crippen LogP contribution >= 0.6 is 0 Å². The smallest absolute Gasteiger partial charge is 0.241 e. The number of hydrogen-bond acceptors (Lipinski definition) is 5. The lowest BCUT2D eigenvalue weighted by atomic mass is 10.1. The van der Waals surface area contributed by atoms with Gasteiger partial charge in [0.2, 0.25) is 10.0 Å². The number of fused-ring (bicyclic) bond motifs is 1. The van der Waals surface area contributed by atoms with Gasteiger partial charge in [-0.2, -0.15) is 0 Å². The summed E-state index contributed by atoms with van der Waals surface area (Å²) < 4.78 is 29.6. The van der Waals surface area contributed by atoms with Crippen LogP contribution in [0.5, 0.6) is 0 Å². The molecule has 0 spiro atoms. The number of sulfonamides is 1. The van der Waals surface area contributed by atoms with E-state index in [1.807, 2.05) is 24.3 Å². The number of pyridine rings is 1. The maximum atomic E-state index is 12.7. The minimum atomic E-state index is -3.68. The molecule has 2 heterocycles. The van der Waals surface area contributed by atoms with Crippen molar-refractivity contribution in [2.24, 2.45) is 0 Å². The predicted molar refractivity (Wildman–Crippen MR) is 97.1 cm³/mol. The van der Waals surface area contributed by atoms with E-state index in [0.29, 0.717) is 11.1 Å². The lowest BCUT2D eigenvalue weighted by molar-refractivity contribution is 0.581. The molecule has 0 unspecified atom stereocenters. The quantitative estimate of drug-likeness (QED) is 0.586. The van der Waals surface area contributed by atoms with Crippen LogP contribution in [0.1, 0.15) is 5.69 Å². The van der Waals surface area contributed by atoms with Crippen molar-refractivity contribution < 1.29 is 8.42 Å². The summed E-state index contributed by atoms with van der Waals surface area (Å²) >= 11 is 0. The van der Waals surface area contributed by atoms with Gasteiger partial charge in [-0.25, -0.2) is 17.8 Å². The standard InChI is InChI=1S/C18H15N5O2S/c24-26(25,18-7-3-5-14-4-1-2-6-17(14)18)20-12-15-13-23(22-21-15)16-8-10-19-11-9-16/h1-11,13,20H,12H2. The monoisotopic (exact) mass is 365 g/mol. The molecule has 0 atom stereocenters. The van der Waals surface area contributed by atoms with Gasteiger partial charge in [-0.15, -0.1) is 5.10 Å². The van der Waals surface area contributed by atoms with Gasteiger partial charge in [-0.3, -0.25) is 4.98 Å². The Balaban J connectivity index is 1.57. The first kappa shape index (κ1) is 16.4. The molecule has 0 saturated heterocycles. The summed E-state index contributed by atoms with van der Waals surface area (Å²) in [6, 6.07) is 16.2. The van der Waals surface area contributed by atoms with Gasteiger partial charge in [-0.1, -0.05) is 41.6 Å². The molecule has 4 rings (SSSR count). The van der Waals surface area contributed by atoms with Gasteiger partial charge in [-0.05, 0) is 23.6 Å². The van der Waals surface area contributed by atoms with Gasteiger partial charge in [0.15, 0.2) is 0 Å². The van der Waals surface area contributed by atoms with Crippen LogP contribution in [0.15, 0.2) is 78.1 Å². The normalized spacial score (nSPS) is 11.7. The molecule has 0 bridgehead atoms. The Morgan fingerprint density at radius 2 is 1.73 bits per heavy atom. The zero-order chi connectivity index (χ0) is 18.0. The van der Waals surface area contributed by atoms with Gasteiger partial charge in [0.25, 0.3) is 0 Å². The molecular weight excluding hydrogens is 350 g/mol. The van der Waals surface area contributed by atoms with Crippen molar-refractivity contribution in [2.75, 3.05) is 0 Å². The minimum absolute atomic E-state index is 0.0522. The molecule has 0 aliphatic carbocycles. The molecule has 4 aromatic rings. The lowest BCUT2D eigenvalue weighted by Gasteiger charge is -2.08. The molecule has 7 nitrogen and oxygen atoms in total. The largest absolute Gasteiger partial charge is 0.265 e. The highest BCUT2D eigenvalue weighted by Gasteiger charge is 2.17. The second-order valence-corrected chi connectivity index (χ2v) is 7.40. The van der Waals surface area contributed by atoms with Crippen molar-refractivity contribution in [2.45, 2.75) is 11.4 Å². The van der Waals surface area contributed by atoms with E-state index in [9.17, 15) is 8.42 Å². The molecule has 130 valence electrons. The topological polar surface area (TPSA) is 89.8 Å². The summed E-state index contributed by atoms with van der Waals surface area (Å²) in [5.74, 6) is 0. The Hall–Kier alpha value is -3.10. The van der Waals surface area contributed by atoms with Gasteiger partial charge in [0, 0.05) is 17.8 Å². The van der Waals surface area contributed by atoms with Crippen LogP contribution in [-0.2, 0) is 16.6 Å². The molecular formula is C18H15N5O2S. The van der Waals surface area contributed by atoms with Crippen LogP contribution in [0.4, 0.5) is 0 Å². The summed E-state index contributed by atoms with van der Waals surface area (Å²) in [5, 5.41) is 9.59. The first-order valence-electron chi connectivity index (χ1n) is 7.92. The fraction of sp³-hybridized carbons (Fsp3) is 0.0556. The van der Waals surface area contributed by atoms with Gasteiger partial charge in [0.05, 0.1) is 29.0 Å². The van der Waals surface area contributed by atoms with Crippen molar-refractivity contribution in [3.8, 4) is 5.69 Å². The van der Waals surface area contributed by atoms with Crippen molar-refractivity contribution >= 4 is 20.8 Å². The second-order valence-electron chi connectivity index (χ2n) is 5.66. The molecule has 1 N–H and O–H groups in total. The fourth-order valence-electron chi connectivity index (χ4n) is 2.68. The predicted octanol–water partition coefficient (Wildman–Crippen LogP) is 2.29. The van der Waals surface area contributed by atoms with Crippen LogP contribution in [0.2, 0.25) is 0 Å². The van der Waals surface area contributed by atoms with Crippen LogP contribution in [0, 0.1) is 0 Å². The molecule has 26 heavy (non-hydrogen) atoms. The number of nitrogens with one attached hydrogen (secondary N) is 1. The van der Waals surface area contributed by atoms with E-state index in [0.717, 1.165) is 11.1 Å². The van der Waals surface area contributed by atoms with E-state index in [1.54, 1.807) is 53.6 Å². The van der Waals surface area contributed by atoms with Crippen molar-refractivity contribution in [1.82, 2.24) is 24.7 Å². The van der Waals surface area contributed by atoms with E-state index in [4.69, 9.17) is 0 Å². The zero-order valence-electron chi connectivity index (χ0n) is 13.6. The molecule has 0 radical (unpaired) electrons.